The Kier molecular flexibility index (Phi) is 4.93. The van der Waals surface area contributed by atoms with E-state index in [2.05, 4.69) is 15.6 Å². The maximum atomic E-state index is 12.8. The second-order valence-electron chi connectivity index (χ2n) is 8.09. The fourth-order valence-electron chi connectivity index (χ4n) is 3.94. The smallest absolute Gasteiger partial charge is 0.256 e. The van der Waals surface area contributed by atoms with Gasteiger partial charge < -0.3 is 15.4 Å². The van der Waals surface area contributed by atoms with Crippen LogP contribution in [0.2, 0.25) is 0 Å². The number of amides is 2. The van der Waals surface area contributed by atoms with E-state index < -0.39 is 0 Å². The summed E-state index contributed by atoms with van der Waals surface area (Å²) in [6.45, 7) is 5.09. The largest absolute Gasteiger partial charge is 0.491 e. The van der Waals surface area contributed by atoms with Gasteiger partial charge >= 0.3 is 0 Å². The minimum absolute atomic E-state index is 0.0860. The average molecular weight is 426 g/mol. The van der Waals surface area contributed by atoms with Gasteiger partial charge in [-0.1, -0.05) is 12.1 Å². The van der Waals surface area contributed by atoms with Gasteiger partial charge in [0.05, 0.1) is 18.4 Å². The fourth-order valence-corrected chi connectivity index (χ4v) is 3.94. The molecule has 2 amide bonds. The lowest BCUT2D eigenvalue weighted by Crippen LogP contribution is -2.15. The number of hydrogen-bond donors (Lipinski definition) is 2. The Labute approximate surface area is 185 Å². The Morgan fingerprint density at radius 1 is 1.06 bits per heavy atom. The zero-order valence-corrected chi connectivity index (χ0v) is 17.8. The quantitative estimate of drug-likeness (QED) is 0.650. The Morgan fingerprint density at radius 2 is 1.91 bits per heavy atom. The second kappa shape index (κ2) is 7.92. The second-order valence-corrected chi connectivity index (χ2v) is 8.09. The number of benzene rings is 2. The molecule has 7 heteroatoms. The standard InChI is InChI=1S/C25H22N4O3/c1-14(2)32-19-6-5-17-12-27-23(20(17)11-19)15-7-8-26-22(10-15)29-24(30)16-3-4-18-13-28-25(31)21(18)9-16/h3-11,14H,12-13H2,1-2H3,(H,28,31)(H,26,29,30). The summed E-state index contributed by atoms with van der Waals surface area (Å²) in [5, 5.41) is 5.58. The van der Waals surface area contributed by atoms with E-state index >= 15 is 0 Å². The summed E-state index contributed by atoms with van der Waals surface area (Å²) in [5.41, 5.74) is 5.71. The van der Waals surface area contributed by atoms with Crippen molar-refractivity contribution in [2.45, 2.75) is 33.0 Å². The van der Waals surface area contributed by atoms with Crippen LogP contribution in [0.4, 0.5) is 5.82 Å². The normalized spacial score (nSPS) is 14.0. The summed E-state index contributed by atoms with van der Waals surface area (Å²) < 4.78 is 5.84. The maximum absolute atomic E-state index is 12.8. The number of pyridine rings is 1. The molecule has 0 unspecified atom stereocenters. The van der Waals surface area contributed by atoms with E-state index in [9.17, 15) is 9.59 Å². The number of carbonyl (C=O) groups is 2. The monoisotopic (exact) mass is 426 g/mol. The van der Waals surface area contributed by atoms with Crippen LogP contribution in [0.25, 0.3) is 0 Å². The van der Waals surface area contributed by atoms with E-state index in [0.29, 0.717) is 30.0 Å². The van der Waals surface area contributed by atoms with Crippen molar-refractivity contribution < 1.29 is 14.3 Å². The topological polar surface area (TPSA) is 92.7 Å². The van der Waals surface area contributed by atoms with Gasteiger partial charge in [-0.2, -0.15) is 0 Å². The van der Waals surface area contributed by atoms with E-state index in [1.807, 2.05) is 44.2 Å². The molecule has 0 bridgehead atoms. The zero-order valence-electron chi connectivity index (χ0n) is 17.8. The van der Waals surface area contributed by atoms with Gasteiger partial charge in [0.1, 0.15) is 11.6 Å². The molecule has 5 rings (SSSR count). The molecule has 0 spiro atoms. The van der Waals surface area contributed by atoms with Crippen LogP contribution in [0.3, 0.4) is 0 Å². The number of anilines is 1. The van der Waals surface area contributed by atoms with E-state index in [4.69, 9.17) is 9.73 Å². The number of nitrogens with zero attached hydrogens (tertiary/aromatic N) is 2. The number of ether oxygens (including phenoxy) is 1. The molecule has 3 aromatic rings. The maximum Gasteiger partial charge on any atom is 0.256 e. The molecule has 2 aliphatic rings. The Bertz CT molecular complexity index is 1280. The Balaban J connectivity index is 1.38. The molecular weight excluding hydrogens is 404 g/mol. The van der Waals surface area contributed by atoms with Gasteiger partial charge in [-0.3, -0.25) is 14.6 Å². The third-order valence-corrected chi connectivity index (χ3v) is 5.45. The van der Waals surface area contributed by atoms with Crippen LogP contribution in [0.1, 0.15) is 56.8 Å². The van der Waals surface area contributed by atoms with Crippen molar-refractivity contribution in [3.63, 3.8) is 0 Å². The molecule has 2 aromatic carbocycles. The first-order chi connectivity index (χ1) is 15.5. The summed E-state index contributed by atoms with van der Waals surface area (Å²) in [6, 6.07) is 14.8. The molecule has 2 aliphatic heterocycles. The lowest BCUT2D eigenvalue weighted by molar-refractivity contribution is 0.0965. The summed E-state index contributed by atoms with van der Waals surface area (Å²) in [4.78, 5) is 33.6. The molecule has 0 aliphatic carbocycles. The SMILES string of the molecule is CC(C)Oc1ccc2c(c1)C(c1ccnc(NC(=O)c3ccc4c(c3)C(=O)NC4)c1)=NC2. The Morgan fingerprint density at radius 3 is 2.75 bits per heavy atom. The van der Waals surface area contributed by atoms with E-state index in [0.717, 1.165) is 33.7 Å². The molecule has 32 heavy (non-hydrogen) atoms. The molecule has 1 aromatic heterocycles. The van der Waals surface area contributed by atoms with Crippen LogP contribution in [0, 0.1) is 0 Å². The lowest BCUT2D eigenvalue weighted by Gasteiger charge is -2.12. The summed E-state index contributed by atoms with van der Waals surface area (Å²) in [5.74, 6) is 0.742. The molecule has 0 saturated heterocycles. The highest BCUT2D eigenvalue weighted by Gasteiger charge is 2.22. The molecule has 2 N–H and O–H groups in total. The molecule has 0 radical (unpaired) electrons. The van der Waals surface area contributed by atoms with Crippen LogP contribution in [-0.2, 0) is 13.1 Å². The van der Waals surface area contributed by atoms with Gasteiger partial charge in [0.15, 0.2) is 0 Å². The summed E-state index contributed by atoms with van der Waals surface area (Å²) in [7, 11) is 0. The zero-order chi connectivity index (χ0) is 22.2. The van der Waals surface area contributed by atoms with Gasteiger partial charge in [-0.05, 0) is 61.4 Å². The van der Waals surface area contributed by atoms with Crippen molar-refractivity contribution in [1.29, 1.82) is 0 Å². The predicted molar refractivity (Wildman–Crippen MR) is 121 cm³/mol. The first-order valence-electron chi connectivity index (χ1n) is 10.5. The molecule has 160 valence electrons. The third-order valence-electron chi connectivity index (χ3n) is 5.45. The highest BCUT2D eigenvalue weighted by molar-refractivity contribution is 6.16. The number of nitrogens with one attached hydrogen (secondary N) is 2. The molecule has 0 saturated carbocycles. The van der Waals surface area contributed by atoms with Crippen molar-refractivity contribution in [1.82, 2.24) is 10.3 Å². The van der Waals surface area contributed by atoms with E-state index in [1.54, 1.807) is 24.4 Å². The van der Waals surface area contributed by atoms with Crippen molar-refractivity contribution >= 4 is 23.3 Å². The van der Waals surface area contributed by atoms with Gasteiger partial charge in [0.2, 0.25) is 0 Å². The Hall–Kier alpha value is -4.00. The molecular formula is C25H22N4O3. The third kappa shape index (κ3) is 3.73. The van der Waals surface area contributed by atoms with Crippen LogP contribution in [0.5, 0.6) is 5.75 Å². The molecule has 0 atom stereocenters. The summed E-state index contributed by atoms with van der Waals surface area (Å²) >= 11 is 0. The predicted octanol–water partition coefficient (Wildman–Crippen LogP) is 3.72. The number of carbonyl (C=O) groups excluding carboxylic acids is 2. The average Bonchev–Trinajstić information content (AvgIpc) is 3.36. The van der Waals surface area contributed by atoms with Crippen molar-refractivity contribution in [3.05, 3.63) is 88.1 Å². The number of hydrogen-bond acceptors (Lipinski definition) is 5. The van der Waals surface area contributed by atoms with Gasteiger partial charge in [0, 0.05) is 35.0 Å². The van der Waals surface area contributed by atoms with E-state index in [1.165, 1.54) is 0 Å². The van der Waals surface area contributed by atoms with Crippen LogP contribution in [0.15, 0.2) is 59.7 Å². The van der Waals surface area contributed by atoms with Gasteiger partial charge in [-0.25, -0.2) is 4.98 Å². The van der Waals surface area contributed by atoms with Gasteiger partial charge in [-0.15, -0.1) is 0 Å². The minimum Gasteiger partial charge on any atom is -0.491 e. The van der Waals surface area contributed by atoms with Crippen LogP contribution in [-0.4, -0.2) is 28.6 Å². The van der Waals surface area contributed by atoms with E-state index in [-0.39, 0.29) is 17.9 Å². The van der Waals surface area contributed by atoms with Crippen molar-refractivity contribution in [3.8, 4) is 5.75 Å². The fraction of sp³-hybridized carbons (Fsp3) is 0.200. The number of rotatable bonds is 5. The van der Waals surface area contributed by atoms with Crippen molar-refractivity contribution in [2.24, 2.45) is 4.99 Å². The molecule has 0 fully saturated rings. The van der Waals surface area contributed by atoms with Crippen LogP contribution >= 0.6 is 0 Å². The molecule has 3 heterocycles. The number of fused-ring (bicyclic) bond motifs is 2. The minimum atomic E-state index is -0.321. The lowest BCUT2D eigenvalue weighted by atomic mass is 10.0. The number of aliphatic imine (C=N–C) groups is 1. The first kappa shape index (κ1) is 19.9. The van der Waals surface area contributed by atoms with Crippen molar-refractivity contribution in [2.75, 3.05) is 5.32 Å². The van der Waals surface area contributed by atoms with Crippen LogP contribution < -0.4 is 15.4 Å². The summed E-state index contributed by atoms with van der Waals surface area (Å²) in [6.07, 6.45) is 1.73. The first-order valence-corrected chi connectivity index (χ1v) is 10.5. The highest BCUT2D eigenvalue weighted by Crippen LogP contribution is 2.28. The molecule has 7 nitrogen and oxygen atoms in total. The number of aromatic nitrogens is 1. The highest BCUT2D eigenvalue weighted by atomic mass is 16.5. The van der Waals surface area contributed by atoms with Gasteiger partial charge in [0.25, 0.3) is 11.8 Å².